The molecule has 1 aromatic carbocycles. The van der Waals surface area contributed by atoms with Crippen LogP contribution >= 0.6 is 0 Å². The number of carboxylic acid groups (broad SMARTS) is 1. The van der Waals surface area contributed by atoms with E-state index >= 15 is 0 Å². The maximum atomic E-state index is 12.3. The molecule has 2 atom stereocenters. The van der Waals surface area contributed by atoms with Crippen LogP contribution in [0.5, 0.6) is 0 Å². The second kappa shape index (κ2) is 7.82. The zero-order valence-corrected chi connectivity index (χ0v) is 14.1. The highest BCUT2D eigenvalue weighted by atomic mass is 16.4. The lowest BCUT2D eigenvalue weighted by molar-refractivity contribution is -0.142. The number of carbonyl (C=O) groups excluding carboxylic acids is 1. The van der Waals surface area contributed by atoms with Gasteiger partial charge in [-0.15, -0.1) is 0 Å². The standard InChI is InChI=1S/C20H27NO3/c22-19(21-18-8-4-7-17(18)20(23)24)13-14-9-11-16(12-10-14)15-5-2-1-3-6-15/h1-3,5-6,14,16-18H,4,7-13H2,(H,21,22)(H,23,24)/t14?,16?,17-,18+/m1/s1. The molecule has 2 fully saturated rings. The molecule has 3 rings (SSSR count). The number of aliphatic carboxylic acids is 1. The average Bonchev–Trinajstić information content (AvgIpc) is 3.04. The summed E-state index contributed by atoms with van der Waals surface area (Å²) in [5.74, 6) is -0.0772. The number of rotatable bonds is 5. The quantitative estimate of drug-likeness (QED) is 0.865. The van der Waals surface area contributed by atoms with Gasteiger partial charge in [0, 0.05) is 12.5 Å². The molecular formula is C20H27NO3. The predicted molar refractivity (Wildman–Crippen MR) is 92.7 cm³/mol. The maximum absolute atomic E-state index is 12.3. The summed E-state index contributed by atoms with van der Waals surface area (Å²) in [6.07, 6.45) is 7.37. The van der Waals surface area contributed by atoms with Crippen molar-refractivity contribution in [2.24, 2.45) is 11.8 Å². The molecule has 24 heavy (non-hydrogen) atoms. The number of carbonyl (C=O) groups is 2. The lowest BCUT2D eigenvalue weighted by Gasteiger charge is -2.29. The third-order valence-electron chi connectivity index (χ3n) is 5.77. The summed E-state index contributed by atoms with van der Waals surface area (Å²) in [6, 6.07) is 10.5. The second-order valence-corrected chi connectivity index (χ2v) is 7.38. The Morgan fingerprint density at radius 1 is 1.00 bits per heavy atom. The van der Waals surface area contributed by atoms with E-state index in [1.807, 2.05) is 6.07 Å². The molecular weight excluding hydrogens is 302 g/mol. The molecule has 2 N–H and O–H groups in total. The van der Waals surface area contributed by atoms with Gasteiger partial charge in [-0.3, -0.25) is 9.59 Å². The second-order valence-electron chi connectivity index (χ2n) is 7.38. The van der Waals surface area contributed by atoms with Crippen molar-refractivity contribution in [1.82, 2.24) is 5.32 Å². The topological polar surface area (TPSA) is 66.4 Å². The Hall–Kier alpha value is -1.84. The highest BCUT2D eigenvalue weighted by molar-refractivity contribution is 5.78. The summed E-state index contributed by atoms with van der Waals surface area (Å²) >= 11 is 0. The van der Waals surface area contributed by atoms with Crippen LogP contribution in [0.1, 0.15) is 62.8 Å². The third kappa shape index (κ3) is 4.16. The van der Waals surface area contributed by atoms with Gasteiger partial charge < -0.3 is 10.4 Å². The molecule has 4 nitrogen and oxygen atoms in total. The van der Waals surface area contributed by atoms with Crippen LogP contribution in [0.15, 0.2) is 30.3 Å². The van der Waals surface area contributed by atoms with Gasteiger partial charge in [0.15, 0.2) is 0 Å². The fourth-order valence-corrected chi connectivity index (χ4v) is 4.38. The summed E-state index contributed by atoms with van der Waals surface area (Å²) in [5.41, 5.74) is 1.41. The van der Waals surface area contributed by atoms with Crippen molar-refractivity contribution in [1.29, 1.82) is 0 Å². The summed E-state index contributed by atoms with van der Waals surface area (Å²) < 4.78 is 0. The molecule has 0 bridgehead atoms. The van der Waals surface area contributed by atoms with E-state index in [1.54, 1.807) is 0 Å². The van der Waals surface area contributed by atoms with Gasteiger partial charge in [0.2, 0.25) is 5.91 Å². The third-order valence-corrected chi connectivity index (χ3v) is 5.77. The van der Waals surface area contributed by atoms with Crippen molar-refractivity contribution >= 4 is 11.9 Å². The van der Waals surface area contributed by atoms with Crippen molar-refractivity contribution in [3.8, 4) is 0 Å². The zero-order valence-electron chi connectivity index (χ0n) is 14.1. The molecule has 0 heterocycles. The number of carboxylic acids is 1. The molecule has 0 spiro atoms. The van der Waals surface area contributed by atoms with Gasteiger partial charge >= 0.3 is 5.97 Å². The van der Waals surface area contributed by atoms with Crippen molar-refractivity contribution in [2.75, 3.05) is 0 Å². The summed E-state index contributed by atoms with van der Waals surface area (Å²) in [6.45, 7) is 0. The molecule has 0 saturated heterocycles. The van der Waals surface area contributed by atoms with E-state index < -0.39 is 11.9 Å². The van der Waals surface area contributed by atoms with Crippen LogP contribution in [0, 0.1) is 11.8 Å². The highest BCUT2D eigenvalue weighted by Crippen LogP contribution is 2.37. The molecule has 2 aliphatic carbocycles. The Kier molecular flexibility index (Phi) is 5.54. The lowest BCUT2D eigenvalue weighted by Crippen LogP contribution is -2.40. The predicted octanol–water partition coefficient (Wildman–Crippen LogP) is 3.72. The molecule has 2 aliphatic rings. The normalized spacial score (nSPS) is 30.0. The van der Waals surface area contributed by atoms with E-state index in [2.05, 4.69) is 29.6 Å². The number of hydrogen-bond donors (Lipinski definition) is 2. The minimum Gasteiger partial charge on any atom is -0.481 e. The maximum Gasteiger partial charge on any atom is 0.308 e. The molecule has 2 saturated carbocycles. The summed E-state index contributed by atoms with van der Waals surface area (Å²) in [5, 5.41) is 12.2. The van der Waals surface area contributed by atoms with E-state index in [-0.39, 0.29) is 11.9 Å². The molecule has 0 unspecified atom stereocenters. The van der Waals surface area contributed by atoms with Gasteiger partial charge in [-0.1, -0.05) is 36.8 Å². The van der Waals surface area contributed by atoms with Crippen molar-refractivity contribution < 1.29 is 14.7 Å². The first-order chi connectivity index (χ1) is 11.6. The smallest absolute Gasteiger partial charge is 0.308 e. The van der Waals surface area contributed by atoms with E-state index in [0.29, 0.717) is 24.7 Å². The Balaban J connectivity index is 1.44. The van der Waals surface area contributed by atoms with E-state index in [0.717, 1.165) is 38.5 Å². The van der Waals surface area contributed by atoms with E-state index in [4.69, 9.17) is 0 Å². The van der Waals surface area contributed by atoms with Crippen LogP contribution in [-0.4, -0.2) is 23.0 Å². The van der Waals surface area contributed by atoms with Gasteiger partial charge in [0.25, 0.3) is 0 Å². The van der Waals surface area contributed by atoms with Crippen LogP contribution in [0.3, 0.4) is 0 Å². The first kappa shape index (κ1) is 17.0. The van der Waals surface area contributed by atoms with Crippen LogP contribution in [0.2, 0.25) is 0 Å². The average molecular weight is 329 g/mol. The monoisotopic (exact) mass is 329 g/mol. The SMILES string of the molecule is O=C(CC1CCC(c2ccccc2)CC1)N[C@H]1CCC[C@H]1C(=O)O. The zero-order chi connectivity index (χ0) is 16.9. The van der Waals surface area contributed by atoms with Crippen LogP contribution in [0.4, 0.5) is 0 Å². The number of amides is 1. The van der Waals surface area contributed by atoms with Crippen LogP contribution in [-0.2, 0) is 9.59 Å². The largest absolute Gasteiger partial charge is 0.481 e. The summed E-state index contributed by atoms with van der Waals surface area (Å²) in [7, 11) is 0. The molecule has 0 aromatic heterocycles. The highest BCUT2D eigenvalue weighted by Gasteiger charge is 2.34. The molecule has 130 valence electrons. The summed E-state index contributed by atoms with van der Waals surface area (Å²) in [4.78, 5) is 23.5. The molecule has 1 aromatic rings. The Labute approximate surface area is 143 Å². The molecule has 1 amide bonds. The fourth-order valence-electron chi connectivity index (χ4n) is 4.38. The number of hydrogen-bond acceptors (Lipinski definition) is 2. The Morgan fingerprint density at radius 2 is 1.71 bits per heavy atom. The Bertz CT molecular complexity index is 564. The molecule has 4 heteroatoms. The van der Waals surface area contributed by atoms with Crippen molar-refractivity contribution in [2.45, 2.75) is 63.3 Å². The van der Waals surface area contributed by atoms with E-state index in [9.17, 15) is 14.7 Å². The van der Waals surface area contributed by atoms with E-state index in [1.165, 1.54) is 5.56 Å². The van der Waals surface area contributed by atoms with Gasteiger partial charge in [-0.25, -0.2) is 0 Å². The Morgan fingerprint density at radius 3 is 2.38 bits per heavy atom. The molecule has 0 aliphatic heterocycles. The van der Waals surface area contributed by atoms with Crippen molar-refractivity contribution in [3.63, 3.8) is 0 Å². The fraction of sp³-hybridized carbons (Fsp3) is 0.600. The lowest BCUT2D eigenvalue weighted by atomic mass is 9.77. The minimum absolute atomic E-state index is 0.0383. The van der Waals surface area contributed by atoms with Gasteiger partial charge in [-0.05, 0) is 55.9 Å². The van der Waals surface area contributed by atoms with Gasteiger partial charge in [0.05, 0.1) is 5.92 Å². The van der Waals surface area contributed by atoms with Crippen LogP contribution in [0.25, 0.3) is 0 Å². The van der Waals surface area contributed by atoms with Crippen LogP contribution < -0.4 is 5.32 Å². The first-order valence-corrected chi connectivity index (χ1v) is 9.20. The van der Waals surface area contributed by atoms with Crippen molar-refractivity contribution in [3.05, 3.63) is 35.9 Å². The number of nitrogens with one attached hydrogen (secondary N) is 1. The first-order valence-electron chi connectivity index (χ1n) is 9.20. The van der Waals surface area contributed by atoms with Gasteiger partial charge in [0.1, 0.15) is 0 Å². The molecule has 0 radical (unpaired) electrons. The minimum atomic E-state index is -0.777. The number of benzene rings is 1. The van der Waals surface area contributed by atoms with Gasteiger partial charge in [-0.2, -0.15) is 0 Å².